The lowest BCUT2D eigenvalue weighted by Gasteiger charge is -2.31. The average Bonchev–Trinajstić information content (AvgIpc) is 2.19. The molecule has 0 aromatic heterocycles. The second-order valence-corrected chi connectivity index (χ2v) is 4.47. The average molecular weight is 172 g/mol. The maximum Gasteiger partial charge on any atom is -0.0156 e. The van der Waals surface area contributed by atoms with Crippen LogP contribution in [-0.4, -0.2) is 0 Å². The van der Waals surface area contributed by atoms with Gasteiger partial charge in [0, 0.05) is 0 Å². The number of hydrogen-bond acceptors (Lipinski definition) is 0. The number of rotatable bonds is 0. The lowest BCUT2D eigenvalue weighted by atomic mass is 9.74. The quantitative estimate of drug-likeness (QED) is 0.562. The van der Waals surface area contributed by atoms with Crippen LogP contribution in [0.5, 0.6) is 0 Å². The van der Waals surface area contributed by atoms with Gasteiger partial charge in [-0.05, 0) is 61.1 Å². The molecule has 2 aliphatic rings. The van der Waals surface area contributed by atoms with E-state index in [4.69, 9.17) is 0 Å². The molecule has 0 heterocycles. The van der Waals surface area contributed by atoms with Crippen LogP contribution in [0.25, 0.3) is 0 Å². The molecule has 1 aromatic carbocycles. The molecule has 0 amide bonds. The predicted molar refractivity (Wildman–Crippen MR) is 55.1 cm³/mol. The predicted octanol–water partition coefficient (Wildman–Crippen LogP) is 3.44. The maximum absolute atomic E-state index is 2.34. The Morgan fingerprint density at radius 2 is 1.54 bits per heavy atom. The summed E-state index contributed by atoms with van der Waals surface area (Å²) in [4.78, 5) is 0. The van der Waals surface area contributed by atoms with Gasteiger partial charge in [-0.3, -0.25) is 0 Å². The lowest BCUT2D eigenvalue weighted by molar-refractivity contribution is 0.476. The van der Waals surface area contributed by atoms with Gasteiger partial charge in [-0.2, -0.15) is 0 Å². The van der Waals surface area contributed by atoms with Gasteiger partial charge in [0.25, 0.3) is 0 Å². The van der Waals surface area contributed by atoms with Crippen molar-refractivity contribution in [3.05, 3.63) is 34.9 Å². The Kier molecular flexibility index (Phi) is 1.68. The van der Waals surface area contributed by atoms with Crippen LogP contribution in [-0.2, 0) is 12.8 Å². The molecule has 0 aliphatic heterocycles. The molecular formula is C13H16. The molecule has 0 heteroatoms. The van der Waals surface area contributed by atoms with Crippen LogP contribution in [0.3, 0.4) is 0 Å². The second-order valence-electron chi connectivity index (χ2n) is 4.47. The topological polar surface area (TPSA) is 0 Å². The first-order valence-electron chi connectivity index (χ1n) is 5.56. The minimum absolute atomic E-state index is 0.925. The first-order valence-corrected chi connectivity index (χ1v) is 5.56. The van der Waals surface area contributed by atoms with Crippen molar-refractivity contribution < 1.29 is 0 Å². The molecule has 0 spiro atoms. The SMILES string of the molecule is c1cc2c3c(c1)CCCC3CCC2. The zero-order chi connectivity index (χ0) is 8.67. The van der Waals surface area contributed by atoms with Crippen molar-refractivity contribution in [2.45, 2.75) is 44.4 Å². The highest BCUT2D eigenvalue weighted by atomic mass is 14.3. The molecule has 0 nitrogen and oxygen atoms in total. The summed E-state index contributed by atoms with van der Waals surface area (Å²) >= 11 is 0. The van der Waals surface area contributed by atoms with Crippen molar-refractivity contribution in [3.8, 4) is 0 Å². The maximum atomic E-state index is 2.34. The first kappa shape index (κ1) is 7.61. The van der Waals surface area contributed by atoms with Crippen LogP contribution in [0.4, 0.5) is 0 Å². The van der Waals surface area contributed by atoms with Gasteiger partial charge in [0.2, 0.25) is 0 Å². The zero-order valence-corrected chi connectivity index (χ0v) is 8.05. The van der Waals surface area contributed by atoms with Gasteiger partial charge >= 0.3 is 0 Å². The molecule has 1 aromatic rings. The Labute approximate surface area is 80.0 Å². The van der Waals surface area contributed by atoms with E-state index in [0.29, 0.717) is 0 Å². The van der Waals surface area contributed by atoms with E-state index < -0.39 is 0 Å². The van der Waals surface area contributed by atoms with E-state index >= 15 is 0 Å². The summed E-state index contributed by atoms with van der Waals surface area (Å²) in [6.45, 7) is 0. The molecular weight excluding hydrogens is 156 g/mol. The van der Waals surface area contributed by atoms with Gasteiger partial charge in [-0.1, -0.05) is 18.2 Å². The van der Waals surface area contributed by atoms with Crippen LogP contribution >= 0.6 is 0 Å². The summed E-state index contributed by atoms with van der Waals surface area (Å²) in [5, 5.41) is 0. The third kappa shape index (κ3) is 1.12. The Morgan fingerprint density at radius 1 is 0.923 bits per heavy atom. The van der Waals surface area contributed by atoms with Crippen molar-refractivity contribution in [2.24, 2.45) is 0 Å². The van der Waals surface area contributed by atoms with Crippen molar-refractivity contribution in [1.29, 1.82) is 0 Å². The Balaban J connectivity index is 2.18. The van der Waals surface area contributed by atoms with Crippen LogP contribution in [0.2, 0.25) is 0 Å². The fraction of sp³-hybridized carbons (Fsp3) is 0.538. The summed E-state index contributed by atoms with van der Waals surface area (Å²) < 4.78 is 0. The monoisotopic (exact) mass is 172 g/mol. The third-order valence-electron chi connectivity index (χ3n) is 3.69. The van der Waals surface area contributed by atoms with E-state index in [1.807, 2.05) is 0 Å². The molecule has 68 valence electrons. The van der Waals surface area contributed by atoms with E-state index in [0.717, 1.165) is 5.92 Å². The molecule has 0 fully saturated rings. The summed E-state index contributed by atoms with van der Waals surface area (Å²) in [5.41, 5.74) is 5.07. The zero-order valence-electron chi connectivity index (χ0n) is 8.05. The molecule has 0 N–H and O–H groups in total. The van der Waals surface area contributed by atoms with Crippen LogP contribution in [0.1, 0.15) is 48.3 Å². The smallest absolute Gasteiger partial charge is 0.0156 e. The normalized spacial score (nSPS) is 21.2. The fourth-order valence-corrected chi connectivity index (χ4v) is 3.14. The van der Waals surface area contributed by atoms with Crippen LogP contribution < -0.4 is 0 Å². The van der Waals surface area contributed by atoms with E-state index in [1.165, 1.54) is 38.5 Å². The van der Waals surface area contributed by atoms with E-state index in [2.05, 4.69) is 18.2 Å². The van der Waals surface area contributed by atoms with Gasteiger partial charge in [0.05, 0.1) is 0 Å². The van der Waals surface area contributed by atoms with Crippen LogP contribution in [0, 0.1) is 0 Å². The summed E-state index contributed by atoms with van der Waals surface area (Å²) in [7, 11) is 0. The second kappa shape index (κ2) is 2.87. The van der Waals surface area contributed by atoms with Gasteiger partial charge < -0.3 is 0 Å². The largest absolute Gasteiger partial charge is 0.0617 e. The van der Waals surface area contributed by atoms with Crippen LogP contribution in [0.15, 0.2) is 18.2 Å². The molecule has 0 unspecified atom stereocenters. The van der Waals surface area contributed by atoms with Gasteiger partial charge in [0.15, 0.2) is 0 Å². The number of aryl methyl sites for hydroxylation is 2. The molecule has 3 rings (SSSR count). The van der Waals surface area contributed by atoms with E-state index in [9.17, 15) is 0 Å². The van der Waals surface area contributed by atoms with Crippen molar-refractivity contribution in [2.75, 3.05) is 0 Å². The van der Waals surface area contributed by atoms with E-state index in [-0.39, 0.29) is 0 Å². The molecule has 0 radical (unpaired) electrons. The first-order chi connectivity index (χ1) is 6.45. The fourth-order valence-electron chi connectivity index (χ4n) is 3.14. The van der Waals surface area contributed by atoms with Crippen molar-refractivity contribution >= 4 is 0 Å². The van der Waals surface area contributed by atoms with Crippen molar-refractivity contribution in [1.82, 2.24) is 0 Å². The molecule has 0 atom stereocenters. The summed E-state index contributed by atoms with van der Waals surface area (Å²) in [5.74, 6) is 0.925. The molecule has 0 bridgehead atoms. The Bertz CT molecular complexity index is 297. The van der Waals surface area contributed by atoms with Gasteiger partial charge in [-0.25, -0.2) is 0 Å². The Morgan fingerprint density at radius 3 is 2.15 bits per heavy atom. The summed E-state index contributed by atoms with van der Waals surface area (Å²) in [6, 6.07) is 6.94. The molecule has 2 aliphatic carbocycles. The minimum Gasteiger partial charge on any atom is -0.0617 e. The summed E-state index contributed by atoms with van der Waals surface area (Å²) in [6.07, 6.45) is 8.40. The van der Waals surface area contributed by atoms with Gasteiger partial charge in [-0.15, -0.1) is 0 Å². The highest BCUT2D eigenvalue weighted by Gasteiger charge is 2.25. The molecule has 0 saturated carbocycles. The third-order valence-corrected chi connectivity index (χ3v) is 3.69. The standard InChI is InChI=1S/C13H16/c1-4-10-6-2-8-12-9-3-7-11(5-1)13(10)12/h1,4-5,12H,2-3,6-9H2. The highest BCUT2D eigenvalue weighted by molar-refractivity contribution is 5.41. The highest BCUT2D eigenvalue weighted by Crippen LogP contribution is 2.40. The Hall–Kier alpha value is -0.780. The van der Waals surface area contributed by atoms with Crippen molar-refractivity contribution in [3.63, 3.8) is 0 Å². The molecule has 0 saturated heterocycles. The van der Waals surface area contributed by atoms with E-state index in [1.54, 1.807) is 16.7 Å². The van der Waals surface area contributed by atoms with Gasteiger partial charge in [0.1, 0.15) is 0 Å². The minimum atomic E-state index is 0.925. The molecule has 13 heavy (non-hydrogen) atoms. The number of benzene rings is 1. The number of hydrogen-bond donors (Lipinski definition) is 0. The lowest BCUT2D eigenvalue weighted by Crippen LogP contribution is -2.16.